The van der Waals surface area contributed by atoms with Crippen LogP contribution in [0.25, 0.3) is 11.5 Å². The van der Waals surface area contributed by atoms with Crippen molar-refractivity contribution >= 4 is 23.5 Å². The van der Waals surface area contributed by atoms with Gasteiger partial charge in [-0.2, -0.15) is 0 Å². The zero-order valence-corrected chi connectivity index (χ0v) is 13.0. The first kappa shape index (κ1) is 14.3. The van der Waals surface area contributed by atoms with Gasteiger partial charge in [-0.15, -0.1) is 0 Å². The molecule has 2 aromatic rings. The molecule has 1 aliphatic carbocycles. The van der Waals surface area contributed by atoms with Crippen LogP contribution < -0.4 is 0 Å². The maximum Gasteiger partial charge on any atom is 0.327 e. The fourth-order valence-corrected chi connectivity index (χ4v) is 2.87. The molecule has 1 saturated heterocycles. The van der Waals surface area contributed by atoms with Crippen molar-refractivity contribution in [3.05, 3.63) is 41.2 Å². The lowest BCUT2D eigenvalue weighted by Crippen LogP contribution is -2.33. The van der Waals surface area contributed by atoms with Gasteiger partial charge < -0.3 is 9.32 Å². The first-order valence-electron chi connectivity index (χ1n) is 7.43. The summed E-state index contributed by atoms with van der Waals surface area (Å²) in [5.74, 6) is 0.231. The highest BCUT2D eigenvalue weighted by molar-refractivity contribution is 6.30. The predicted octanol–water partition coefficient (Wildman–Crippen LogP) is 2.92. The summed E-state index contributed by atoms with van der Waals surface area (Å²) in [7, 11) is 0. The molecule has 7 heteroatoms. The van der Waals surface area contributed by atoms with Crippen LogP contribution in [0.4, 0.5) is 4.79 Å². The molecule has 2 fully saturated rings. The minimum Gasteiger partial charge on any atom is -0.444 e. The smallest absolute Gasteiger partial charge is 0.327 e. The van der Waals surface area contributed by atoms with Gasteiger partial charge in [0, 0.05) is 16.6 Å². The van der Waals surface area contributed by atoms with Crippen LogP contribution in [0, 0.1) is 0 Å². The second-order valence-corrected chi connectivity index (χ2v) is 6.21. The third-order valence-electron chi connectivity index (χ3n) is 4.01. The molecule has 0 radical (unpaired) electrons. The Hall–Kier alpha value is -2.34. The Morgan fingerprint density at radius 2 is 2.13 bits per heavy atom. The van der Waals surface area contributed by atoms with E-state index in [1.54, 1.807) is 17.0 Å². The first-order valence-corrected chi connectivity index (χ1v) is 7.81. The van der Waals surface area contributed by atoms with Crippen LogP contribution in [-0.2, 0) is 11.3 Å². The van der Waals surface area contributed by atoms with Gasteiger partial charge in [-0.05, 0) is 31.0 Å². The number of benzene rings is 1. The van der Waals surface area contributed by atoms with Gasteiger partial charge in [-0.25, -0.2) is 9.78 Å². The minimum absolute atomic E-state index is 0.130. The van der Waals surface area contributed by atoms with Gasteiger partial charge in [0.1, 0.15) is 12.8 Å². The molecule has 0 unspecified atom stereocenters. The van der Waals surface area contributed by atoms with Crippen molar-refractivity contribution < 1.29 is 14.0 Å². The van der Waals surface area contributed by atoms with Crippen molar-refractivity contribution in [2.75, 3.05) is 6.54 Å². The number of carbonyl (C=O) groups excluding carboxylic acids is 2. The zero-order chi connectivity index (χ0) is 16.0. The molecule has 23 heavy (non-hydrogen) atoms. The number of halogens is 1. The van der Waals surface area contributed by atoms with E-state index in [0.29, 0.717) is 16.6 Å². The molecule has 6 nitrogen and oxygen atoms in total. The summed E-state index contributed by atoms with van der Waals surface area (Å²) in [4.78, 5) is 31.5. The monoisotopic (exact) mass is 331 g/mol. The van der Waals surface area contributed by atoms with Crippen molar-refractivity contribution in [3.8, 4) is 11.5 Å². The molecule has 0 atom stereocenters. The molecule has 1 aromatic heterocycles. The molecule has 2 aliphatic rings. The van der Waals surface area contributed by atoms with E-state index < -0.39 is 0 Å². The van der Waals surface area contributed by atoms with E-state index in [9.17, 15) is 9.59 Å². The van der Waals surface area contributed by atoms with Crippen LogP contribution in [0.15, 0.2) is 34.9 Å². The van der Waals surface area contributed by atoms with E-state index in [4.69, 9.17) is 16.0 Å². The number of urea groups is 1. The van der Waals surface area contributed by atoms with Gasteiger partial charge in [0.15, 0.2) is 0 Å². The fourth-order valence-electron chi connectivity index (χ4n) is 2.68. The number of oxazole rings is 1. The molecule has 0 bridgehead atoms. The van der Waals surface area contributed by atoms with Gasteiger partial charge in [0.2, 0.25) is 5.89 Å². The maximum absolute atomic E-state index is 12.3. The number of carbonyl (C=O) groups is 2. The average molecular weight is 332 g/mol. The molecule has 1 aromatic carbocycles. The summed E-state index contributed by atoms with van der Waals surface area (Å²) in [6.45, 7) is 0.299. The highest BCUT2D eigenvalue weighted by Gasteiger charge is 2.43. The van der Waals surface area contributed by atoms with Crippen LogP contribution >= 0.6 is 11.6 Å². The quantitative estimate of drug-likeness (QED) is 0.808. The van der Waals surface area contributed by atoms with Crippen LogP contribution in [0.5, 0.6) is 0 Å². The molecule has 2 heterocycles. The van der Waals surface area contributed by atoms with Gasteiger partial charge in [-0.1, -0.05) is 17.7 Å². The highest BCUT2D eigenvalue weighted by Crippen LogP contribution is 2.31. The van der Waals surface area contributed by atoms with Crippen molar-refractivity contribution in [2.45, 2.75) is 25.4 Å². The van der Waals surface area contributed by atoms with Crippen molar-refractivity contribution in [1.29, 1.82) is 0 Å². The van der Waals surface area contributed by atoms with E-state index in [-0.39, 0.29) is 31.1 Å². The van der Waals surface area contributed by atoms with Gasteiger partial charge in [0.25, 0.3) is 5.91 Å². The Kier molecular flexibility index (Phi) is 3.34. The maximum atomic E-state index is 12.3. The van der Waals surface area contributed by atoms with Crippen LogP contribution in [0.3, 0.4) is 0 Å². The fraction of sp³-hybridized carbons (Fsp3) is 0.312. The number of amides is 3. The first-order chi connectivity index (χ1) is 11.1. The lowest BCUT2D eigenvalue weighted by Gasteiger charge is -2.15. The minimum atomic E-state index is -0.232. The number of hydrogen-bond donors (Lipinski definition) is 0. The van der Waals surface area contributed by atoms with E-state index in [1.807, 2.05) is 12.1 Å². The molecule has 0 N–H and O–H groups in total. The number of imide groups is 1. The SMILES string of the molecule is O=C1CN(C2CC2)C(=O)N1Cc1coc(-c2cccc(Cl)c2)n1. The second-order valence-electron chi connectivity index (χ2n) is 5.78. The Bertz CT molecular complexity index is 784. The molecular formula is C16H14ClN3O3. The molecule has 0 spiro atoms. The summed E-state index contributed by atoms with van der Waals surface area (Å²) in [5, 5.41) is 0.590. The van der Waals surface area contributed by atoms with Crippen LogP contribution in [0.1, 0.15) is 18.5 Å². The summed E-state index contributed by atoms with van der Waals surface area (Å²) < 4.78 is 5.44. The number of hydrogen-bond acceptors (Lipinski definition) is 4. The summed E-state index contributed by atoms with van der Waals surface area (Å²) >= 11 is 5.96. The molecule has 4 rings (SSSR count). The molecule has 3 amide bonds. The third kappa shape index (κ3) is 2.70. The number of aromatic nitrogens is 1. The molecule has 1 aliphatic heterocycles. The Balaban J connectivity index is 1.51. The molecule has 118 valence electrons. The Morgan fingerprint density at radius 3 is 2.87 bits per heavy atom. The number of rotatable bonds is 4. The lowest BCUT2D eigenvalue weighted by molar-refractivity contribution is -0.125. The van der Waals surface area contributed by atoms with Gasteiger partial charge in [-0.3, -0.25) is 9.69 Å². The van der Waals surface area contributed by atoms with E-state index in [0.717, 1.165) is 18.4 Å². The van der Waals surface area contributed by atoms with Crippen LogP contribution in [-0.4, -0.2) is 39.3 Å². The van der Waals surface area contributed by atoms with Crippen molar-refractivity contribution in [2.24, 2.45) is 0 Å². The van der Waals surface area contributed by atoms with Gasteiger partial charge in [0.05, 0.1) is 12.2 Å². The molecular weight excluding hydrogens is 318 g/mol. The predicted molar refractivity (Wildman–Crippen MR) is 82.6 cm³/mol. The number of nitrogens with zero attached hydrogens (tertiary/aromatic N) is 3. The van der Waals surface area contributed by atoms with Gasteiger partial charge >= 0.3 is 6.03 Å². The van der Waals surface area contributed by atoms with E-state index >= 15 is 0 Å². The van der Waals surface area contributed by atoms with Crippen LogP contribution in [0.2, 0.25) is 5.02 Å². The second kappa shape index (κ2) is 5.38. The summed E-state index contributed by atoms with van der Waals surface area (Å²) in [5.41, 5.74) is 1.29. The van der Waals surface area contributed by atoms with Crippen molar-refractivity contribution in [3.63, 3.8) is 0 Å². The van der Waals surface area contributed by atoms with E-state index in [1.165, 1.54) is 11.2 Å². The van der Waals surface area contributed by atoms with E-state index in [2.05, 4.69) is 4.98 Å². The summed E-state index contributed by atoms with van der Waals surface area (Å²) in [6, 6.07) is 7.16. The average Bonchev–Trinajstić information content (AvgIpc) is 3.20. The molecule has 1 saturated carbocycles. The largest absolute Gasteiger partial charge is 0.444 e. The lowest BCUT2D eigenvalue weighted by atomic mass is 10.2. The van der Waals surface area contributed by atoms with Crippen molar-refractivity contribution in [1.82, 2.24) is 14.8 Å². The zero-order valence-electron chi connectivity index (χ0n) is 12.2. The topological polar surface area (TPSA) is 66.7 Å². The summed E-state index contributed by atoms with van der Waals surface area (Å²) in [6.07, 6.45) is 3.43. The standard InChI is InChI=1S/C16H14ClN3O3/c17-11-3-1-2-10(6-11)15-18-12(9-23-15)7-20-14(21)8-19(16(20)22)13-4-5-13/h1-3,6,9,13H,4-5,7-8H2. The Morgan fingerprint density at radius 1 is 1.30 bits per heavy atom. The third-order valence-corrected chi connectivity index (χ3v) is 4.25. The highest BCUT2D eigenvalue weighted by atomic mass is 35.5. The Labute approximate surface area is 137 Å². The normalized spacial score (nSPS) is 18.1.